The number of ether oxygens (including phenoxy) is 2. The molecule has 1 aromatic carbocycles. The van der Waals surface area contributed by atoms with Gasteiger partial charge >= 0.3 is 0 Å². The summed E-state index contributed by atoms with van der Waals surface area (Å²) in [6, 6.07) is 3.49. The predicted octanol–water partition coefficient (Wildman–Crippen LogP) is 5.88. The van der Waals surface area contributed by atoms with E-state index in [1.165, 1.54) is 12.3 Å². The third-order valence-electron chi connectivity index (χ3n) is 6.18. The van der Waals surface area contributed by atoms with Crippen molar-refractivity contribution in [3.05, 3.63) is 76.1 Å². The lowest BCUT2D eigenvalue weighted by Gasteiger charge is -2.15. The molecule has 0 aliphatic heterocycles. The number of benzene rings is 1. The van der Waals surface area contributed by atoms with Gasteiger partial charge in [0.2, 0.25) is 0 Å². The third kappa shape index (κ3) is 6.54. The van der Waals surface area contributed by atoms with Crippen LogP contribution in [0, 0.1) is 21.7 Å². The highest BCUT2D eigenvalue weighted by Crippen LogP contribution is 2.37. The number of pyridine rings is 1. The molecule has 0 radical (unpaired) electrons. The lowest BCUT2D eigenvalue weighted by atomic mass is 10.1. The van der Waals surface area contributed by atoms with Crippen LogP contribution >= 0.6 is 0 Å². The molecule has 39 heavy (non-hydrogen) atoms. The minimum atomic E-state index is -1.32. The molecule has 0 unspecified atom stereocenters. The predicted molar refractivity (Wildman–Crippen MR) is 143 cm³/mol. The first-order valence-corrected chi connectivity index (χ1v) is 16.0. The van der Waals surface area contributed by atoms with Gasteiger partial charge in [0, 0.05) is 58.0 Å². The number of rotatable bonds is 12. The molecule has 0 atom stereocenters. The summed E-state index contributed by atoms with van der Waals surface area (Å²) in [5.74, 6) is -3.56. The molecule has 0 fully saturated rings. The van der Waals surface area contributed by atoms with Gasteiger partial charge in [-0.2, -0.15) is 0 Å². The van der Waals surface area contributed by atoms with Gasteiger partial charge < -0.3 is 18.6 Å². The van der Waals surface area contributed by atoms with E-state index in [4.69, 9.17) is 9.47 Å². The number of ketones is 1. The Morgan fingerprint density at radius 2 is 1.92 bits per heavy atom. The molecule has 0 aliphatic carbocycles. The number of aromatic nitrogens is 4. The van der Waals surface area contributed by atoms with Gasteiger partial charge in [0.1, 0.15) is 18.1 Å². The lowest BCUT2D eigenvalue weighted by Crippen LogP contribution is -2.22. The van der Waals surface area contributed by atoms with Gasteiger partial charge in [0.05, 0.1) is 28.8 Å². The summed E-state index contributed by atoms with van der Waals surface area (Å²) < 4.78 is 44.3. The minimum Gasteiger partial charge on any atom is -0.450 e. The number of carbonyl (C=O) groups excluding carboxylic acids is 1. The van der Waals surface area contributed by atoms with E-state index in [-0.39, 0.29) is 35.6 Å². The van der Waals surface area contributed by atoms with E-state index < -0.39 is 36.1 Å². The van der Waals surface area contributed by atoms with Crippen molar-refractivity contribution < 1.29 is 28.0 Å². The quantitative estimate of drug-likeness (QED) is 0.0703. The van der Waals surface area contributed by atoms with Crippen LogP contribution in [0.15, 0.2) is 43.1 Å². The highest BCUT2D eigenvalue weighted by Gasteiger charge is 2.24. The largest absolute Gasteiger partial charge is 0.450 e. The Morgan fingerprint density at radius 3 is 2.54 bits per heavy atom. The lowest BCUT2D eigenvalue weighted by molar-refractivity contribution is -0.385. The molecular formula is C26H29F2N5O5Si. The highest BCUT2D eigenvalue weighted by atomic mass is 28.3. The van der Waals surface area contributed by atoms with Crippen molar-refractivity contribution in [2.24, 2.45) is 7.05 Å². The summed E-state index contributed by atoms with van der Waals surface area (Å²) >= 11 is 0. The van der Waals surface area contributed by atoms with E-state index in [0.717, 1.165) is 11.7 Å². The van der Waals surface area contributed by atoms with Crippen molar-refractivity contribution in [3.8, 4) is 11.5 Å². The molecule has 0 bridgehead atoms. The summed E-state index contributed by atoms with van der Waals surface area (Å²) in [5.41, 5.74) is 0.718. The number of Topliss-reactive ketones (excluding diaryl/α,β-unsaturated/α-hetero) is 1. The van der Waals surface area contributed by atoms with Gasteiger partial charge in [-0.05, 0) is 18.5 Å². The molecule has 3 aromatic heterocycles. The summed E-state index contributed by atoms with van der Waals surface area (Å²) in [5, 5.41) is 11.2. The average molecular weight is 558 g/mol. The maximum atomic E-state index is 14.7. The van der Waals surface area contributed by atoms with Crippen LogP contribution in [0.2, 0.25) is 25.7 Å². The number of hydrogen-bond donors (Lipinski definition) is 0. The van der Waals surface area contributed by atoms with E-state index >= 15 is 0 Å². The minimum absolute atomic E-state index is 0.0172. The first-order chi connectivity index (χ1) is 18.4. The number of hydrogen-bond acceptors (Lipinski definition) is 7. The second-order valence-electron chi connectivity index (χ2n) is 10.4. The monoisotopic (exact) mass is 557 g/mol. The number of aryl methyl sites for hydroxylation is 2. The van der Waals surface area contributed by atoms with Gasteiger partial charge in [-0.3, -0.25) is 14.9 Å². The van der Waals surface area contributed by atoms with Gasteiger partial charge in [0.25, 0.3) is 5.69 Å². The first kappa shape index (κ1) is 28.0. The Labute approximate surface area is 224 Å². The Morgan fingerprint density at radius 1 is 1.21 bits per heavy atom. The Hall–Kier alpha value is -3.97. The van der Waals surface area contributed by atoms with Crippen molar-refractivity contribution in [2.45, 2.75) is 45.3 Å². The summed E-state index contributed by atoms with van der Waals surface area (Å²) in [7, 11) is 0.511. The third-order valence-corrected chi connectivity index (χ3v) is 7.88. The number of nitro groups is 1. The standard InChI is InChI=1S/C26H29F2N5O5Si/c1-31-15-29-13-17(31)5-6-22(34)19-14-32(16-37-9-10-39(2,3)4)26-24(19)23(7-8-30-26)38-25-20(27)11-18(33(35)36)12-21(25)28/h7-8,11-15H,5-6,9-10,16H2,1-4H3. The fraction of sp³-hybridized carbons (Fsp3) is 0.346. The number of halogens is 2. The maximum absolute atomic E-state index is 14.7. The average Bonchev–Trinajstić information content (AvgIpc) is 3.45. The smallest absolute Gasteiger partial charge is 0.275 e. The van der Waals surface area contributed by atoms with Crippen LogP contribution in [-0.2, 0) is 24.9 Å². The number of nitrogens with zero attached hydrogens (tertiary/aromatic N) is 5. The summed E-state index contributed by atoms with van der Waals surface area (Å²) in [6.45, 7) is 7.37. The van der Waals surface area contributed by atoms with Crippen molar-refractivity contribution >= 4 is 30.6 Å². The van der Waals surface area contributed by atoms with Gasteiger partial charge in [0.15, 0.2) is 23.2 Å². The van der Waals surface area contributed by atoms with Crippen LogP contribution in [0.1, 0.15) is 22.5 Å². The molecule has 10 nitrogen and oxygen atoms in total. The molecule has 4 rings (SSSR count). The van der Waals surface area contributed by atoms with Crippen LogP contribution in [0.5, 0.6) is 11.5 Å². The van der Waals surface area contributed by atoms with E-state index in [9.17, 15) is 23.7 Å². The number of carbonyl (C=O) groups is 1. The number of imidazole rings is 1. The van der Waals surface area contributed by atoms with Crippen molar-refractivity contribution in [2.75, 3.05) is 6.61 Å². The molecule has 0 spiro atoms. The Bertz CT molecular complexity index is 1510. The molecule has 13 heteroatoms. The van der Waals surface area contributed by atoms with Crippen LogP contribution in [-0.4, -0.2) is 44.5 Å². The van der Waals surface area contributed by atoms with Crippen LogP contribution in [0.4, 0.5) is 14.5 Å². The second kappa shape index (κ2) is 11.4. The number of nitro benzene ring substituents is 1. The van der Waals surface area contributed by atoms with Gasteiger partial charge in [-0.15, -0.1) is 0 Å². The van der Waals surface area contributed by atoms with Crippen LogP contribution in [0.3, 0.4) is 0 Å². The zero-order valence-corrected chi connectivity index (χ0v) is 23.1. The zero-order valence-electron chi connectivity index (χ0n) is 22.1. The Balaban J connectivity index is 1.71. The first-order valence-electron chi connectivity index (χ1n) is 12.3. The highest BCUT2D eigenvalue weighted by molar-refractivity contribution is 6.76. The van der Waals surface area contributed by atoms with Gasteiger partial charge in [-0.1, -0.05) is 19.6 Å². The molecular weight excluding hydrogens is 528 g/mol. The Kier molecular flexibility index (Phi) is 8.21. The van der Waals surface area contributed by atoms with E-state index in [2.05, 4.69) is 29.6 Å². The zero-order chi connectivity index (χ0) is 28.3. The maximum Gasteiger partial charge on any atom is 0.275 e. The fourth-order valence-corrected chi connectivity index (χ4v) is 4.74. The molecule has 3 heterocycles. The van der Waals surface area contributed by atoms with Crippen LogP contribution < -0.4 is 4.74 Å². The van der Waals surface area contributed by atoms with E-state index in [1.807, 2.05) is 11.6 Å². The summed E-state index contributed by atoms with van der Waals surface area (Å²) in [6.07, 6.45) is 6.89. The van der Waals surface area contributed by atoms with E-state index in [1.54, 1.807) is 23.3 Å². The van der Waals surface area contributed by atoms with Crippen LogP contribution in [0.25, 0.3) is 11.0 Å². The number of fused-ring (bicyclic) bond motifs is 1. The molecule has 0 amide bonds. The van der Waals surface area contributed by atoms with Crippen molar-refractivity contribution in [3.63, 3.8) is 0 Å². The van der Waals surface area contributed by atoms with Gasteiger partial charge in [-0.25, -0.2) is 18.7 Å². The van der Waals surface area contributed by atoms with Crippen molar-refractivity contribution in [1.29, 1.82) is 0 Å². The molecule has 206 valence electrons. The fourth-order valence-electron chi connectivity index (χ4n) is 3.98. The van der Waals surface area contributed by atoms with Crippen molar-refractivity contribution in [1.82, 2.24) is 19.1 Å². The second-order valence-corrected chi connectivity index (χ2v) is 16.0. The molecule has 0 saturated carbocycles. The summed E-state index contributed by atoms with van der Waals surface area (Å²) in [4.78, 5) is 31.9. The molecule has 0 aliphatic rings. The normalized spacial score (nSPS) is 11.7. The SMILES string of the molecule is Cn1cncc1CCC(=O)c1cn(COCC[Si](C)(C)C)c2nccc(Oc3c(F)cc([N+](=O)[O-])cc3F)c12. The van der Waals surface area contributed by atoms with E-state index in [0.29, 0.717) is 30.8 Å². The topological polar surface area (TPSA) is 114 Å². The number of non-ortho nitro benzene ring substituents is 1. The molecule has 4 aromatic rings. The molecule has 0 N–H and O–H groups in total. The molecule has 0 saturated heterocycles.